The fraction of sp³-hybridized carbons (Fsp3) is 0.176. The lowest BCUT2D eigenvalue weighted by atomic mass is 10.2. The van der Waals surface area contributed by atoms with Gasteiger partial charge < -0.3 is 4.90 Å². The average molecular weight is 357 g/mol. The number of rotatable bonds is 2. The van der Waals surface area contributed by atoms with Crippen LogP contribution in [0.3, 0.4) is 0 Å². The van der Waals surface area contributed by atoms with Crippen LogP contribution in [0.1, 0.15) is 15.9 Å². The maximum Gasteiger partial charge on any atom is 0.270 e. The zero-order valence-corrected chi connectivity index (χ0v) is 14.0. The molecule has 2 aliphatic rings. The molecule has 0 fully saturated rings. The van der Waals surface area contributed by atoms with Crippen LogP contribution in [0.15, 0.2) is 53.4 Å². The molecule has 0 bridgehead atoms. The van der Waals surface area contributed by atoms with Crippen LogP contribution >= 0.6 is 0 Å². The summed E-state index contributed by atoms with van der Waals surface area (Å²) in [6.07, 6.45) is 0.740. The van der Waals surface area contributed by atoms with E-state index in [1.165, 1.54) is 12.1 Å². The van der Waals surface area contributed by atoms with Crippen molar-refractivity contribution >= 4 is 27.5 Å². The van der Waals surface area contributed by atoms with E-state index in [0.29, 0.717) is 6.54 Å². The Bertz CT molecular complexity index is 987. The van der Waals surface area contributed by atoms with E-state index in [4.69, 9.17) is 0 Å². The van der Waals surface area contributed by atoms with Crippen LogP contribution in [0, 0.1) is 0 Å². The lowest BCUT2D eigenvalue weighted by Gasteiger charge is -2.29. The first-order chi connectivity index (χ1) is 12.0. The van der Waals surface area contributed by atoms with Crippen LogP contribution in [0.2, 0.25) is 0 Å². The minimum atomic E-state index is -3.87. The number of hydrogen-bond donors (Lipinski definition) is 1. The number of amides is 2. The van der Waals surface area contributed by atoms with E-state index < -0.39 is 15.9 Å². The molecule has 25 heavy (non-hydrogen) atoms. The summed E-state index contributed by atoms with van der Waals surface area (Å²) in [5.41, 5.74) is 1.93. The van der Waals surface area contributed by atoms with Crippen LogP contribution in [0.4, 0.5) is 5.69 Å². The third-order valence-electron chi connectivity index (χ3n) is 4.36. The summed E-state index contributed by atoms with van der Waals surface area (Å²) >= 11 is 0. The van der Waals surface area contributed by atoms with E-state index in [1.807, 2.05) is 24.3 Å². The molecule has 0 unspecified atom stereocenters. The molecule has 0 atom stereocenters. The van der Waals surface area contributed by atoms with E-state index >= 15 is 0 Å². The van der Waals surface area contributed by atoms with E-state index in [-0.39, 0.29) is 22.9 Å². The maximum absolute atomic E-state index is 12.6. The second-order valence-electron chi connectivity index (χ2n) is 5.91. The number of carbonyl (C=O) groups is 2. The summed E-state index contributed by atoms with van der Waals surface area (Å²) in [5.74, 6) is -0.869. The Kier molecular flexibility index (Phi) is 3.59. The number of nitrogens with zero attached hydrogens (tertiary/aromatic N) is 2. The van der Waals surface area contributed by atoms with Crippen LogP contribution in [-0.4, -0.2) is 38.3 Å². The Morgan fingerprint density at radius 3 is 2.64 bits per heavy atom. The van der Waals surface area contributed by atoms with Crippen molar-refractivity contribution in [1.29, 1.82) is 0 Å². The first-order valence-corrected chi connectivity index (χ1v) is 9.27. The zero-order chi connectivity index (χ0) is 17.6. The van der Waals surface area contributed by atoms with Crippen molar-refractivity contribution in [2.24, 2.45) is 0 Å². The summed E-state index contributed by atoms with van der Waals surface area (Å²) in [6, 6.07) is 13.5. The number of anilines is 1. The lowest BCUT2D eigenvalue weighted by molar-refractivity contribution is -0.119. The molecule has 128 valence electrons. The van der Waals surface area contributed by atoms with Crippen molar-refractivity contribution in [3.8, 4) is 0 Å². The monoisotopic (exact) mass is 357 g/mol. The Labute approximate surface area is 144 Å². The number of benzene rings is 2. The highest BCUT2D eigenvalue weighted by Crippen LogP contribution is 2.28. The minimum Gasteiger partial charge on any atom is -0.310 e. The molecular weight excluding hydrogens is 342 g/mol. The molecule has 2 aliphatic heterocycles. The van der Waals surface area contributed by atoms with Crippen molar-refractivity contribution in [2.45, 2.75) is 11.3 Å². The molecule has 7 nitrogen and oxygen atoms in total. The van der Waals surface area contributed by atoms with Gasteiger partial charge in [0.25, 0.3) is 15.9 Å². The highest BCUT2D eigenvalue weighted by molar-refractivity contribution is 7.89. The molecule has 2 aromatic rings. The molecule has 8 heteroatoms. The summed E-state index contributed by atoms with van der Waals surface area (Å²) < 4.78 is 24.6. The van der Waals surface area contributed by atoms with Crippen LogP contribution in [-0.2, 0) is 21.2 Å². The molecule has 2 heterocycles. The topological polar surface area (TPSA) is 86.8 Å². The van der Waals surface area contributed by atoms with Crippen LogP contribution in [0.25, 0.3) is 0 Å². The molecular formula is C17H15N3O4S. The fourth-order valence-electron chi connectivity index (χ4n) is 3.18. The predicted molar refractivity (Wildman–Crippen MR) is 90.3 cm³/mol. The van der Waals surface area contributed by atoms with Crippen LogP contribution in [0.5, 0.6) is 0 Å². The summed E-state index contributed by atoms with van der Waals surface area (Å²) in [7, 11) is -3.87. The van der Waals surface area contributed by atoms with Gasteiger partial charge in [-0.15, -0.1) is 4.83 Å². The zero-order valence-electron chi connectivity index (χ0n) is 13.2. The molecule has 0 spiro atoms. The third-order valence-corrected chi connectivity index (χ3v) is 5.76. The van der Waals surface area contributed by atoms with Gasteiger partial charge in [0.05, 0.1) is 10.5 Å². The van der Waals surface area contributed by atoms with E-state index in [9.17, 15) is 18.0 Å². The van der Waals surface area contributed by atoms with Crippen molar-refractivity contribution in [3.05, 3.63) is 59.7 Å². The highest BCUT2D eigenvalue weighted by atomic mass is 32.2. The second-order valence-corrected chi connectivity index (χ2v) is 7.54. The van der Waals surface area contributed by atoms with Gasteiger partial charge >= 0.3 is 0 Å². The van der Waals surface area contributed by atoms with Gasteiger partial charge in [-0.25, -0.2) is 8.42 Å². The van der Waals surface area contributed by atoms with Crippen molar-refractivity contribution in [1.82, 2.24) is 9.84 Å². The van der Waals surface area contributed by atoms with Crippen molar-refractivity contribution in [2.75, 3.05) is 18.0 Å². The molecule has 0 aliphatic carbocycles. The quantitative estimate of drug-likeness (QED) is 0.866. The number of hydrogen-bond acceptors (Lipinski definition) is 4. The molecule has 4 rings (SSSR count). The smallest absolute Gasteiger partial charge is 0.270 e. The normalized spacial score (nSPS) is 18.0. The molecule has 2 amide bonds. The number of nitrogens with one attached hydrogen (secondary N) is 1. The fourth-order valence-corrected chi connectivity index (χ4v) is 4.42. The van der Waals surface area contributed by atoms with E-state index in [2.05, 4.69) is 4.83 Å². The highest BCUT2D eigenvalue weighted by Gasteiger charge is 2.36. The molecule has 2 aromatic carbocycles. The minimum absolute atomic E-state index is 0.0656. The Balaban J connectivity index is 1.60. The van der Waals surface area contributed by atoms with Gasteiger partial charge in [-0.05, 0) is 30.2 Å². The SMILES string of the molecule is O=C1c2ccccc2S(=O)(=O)NN1CC(=O)N1CCc2ccccc21. The third kappa shape index (κ3) is 2.59. The van der Waals surface area contributed by atoms with Gasteiger partial charge in [0, 0.05) is 12.2 Å². The largest absolute Gasteiger partial charge is 0.310 e. The van der Waals surface area contributed by atoms with E-state index in [0.717, 1.165) is 22.7 Å². The van der Waals surface area contributed by atoms with Gasteiger partial charge in [0.1, 0.15) is 6.54 Å². The molecule has 0 saturated heterocycles. The lowest BCUT2D eigenvalue weighted by Crippen LogP contribution is -2.54. The number of para-hydroxylation sites is 1. The molecule has 1 N–H and O–H groups in total. The van der Waals surface area contributed by atoms with Gasteiger partial charge in [-0.1, -0.05) is 30.3 Å². The number of sulfonamides is 1. The maximum atomic E-state index is 12.6. The van der Waals surface area contributed by atoms with Crippen LogP contribution < -0.4 is 9.73 Å². The summed E-state index contributed by atoms with van der Waals surface area (Å²) in [4.78, 5) is 28.9. The Morgan fingerprint density at radius 2 is 1.80 bits per heavy atom. The second kappa shape index (κ2) is 5.68. The average Bonchev–Trinajstić information content (AvgIpc) is 3.03. The van der Waals surface area contributed by atoms with Gasteiger partial charge in [-0.2, -0.15) is 0 Å². The van der Waals surface area contributed by atoms with Gasteiger partial charge in [0.2, 0.25) is 5.91 Å². The van der Waals surface area contributed by atoms with Crippen molar-refractivity contribution < 1.29 is 18.0 Å². The molecule has 0 radical (unpaired) electrons. The predicted octanol–water partition coefficient (Wildman–Crippen LogP) is 0.925. The first-order valence-electron chi connectivity index (χ1n) is 7.79. The Hall–Kier alpha value is -2.71. The van der Waals surface area contributed by atoms with E-state index in [1.54, 1.807) is 17.0 Å². The first kappa shape index (κ1) is 15.8. The van der Waals surface area contributed by atoms with Crippen molar-refractivity contribution in [3.63, 3.8) is 0 Å². The standard InChI is InChI=1S/C17H15N3O4S/c21-16(19-10-9-12-5-1-3-7-14(12)19)11-20-17(22)13-6-2-4-8-15(13)25(23,24)18-20/h1-8,18H,9-11H2. The Morgan fingerprint density at radius 1 is 1.08 bits per heavy atom. The number of fused-ring (bicyclic) bond motifs is 2. The molecule has 0 aromatic heterocycles. The summed E-state index contributed by atoms with van der Waals surface area (Å²) in [5, 5.41) is 0.862. The van der Waals surface area contributed by atoms with Gasteiger partial charge in [-0.3, -0.25) is 14.6 Å². The van der Waals surface area contributed by atoms with Gasteiger partial charge in [0.15, 0.2) is 0 Å². The number of hydrazine groups is 1. The molecule has 0 saturated carbocycles. The number of carbonyl (C=O) groups excluding carboxylic acids is 2. The summed E-state index contributed by atoms with van der Waals surface area (Å²) in [6.45, 7) is 0.157.